The molecule has 18 nitrogen and oxygen atoms in total. The summed E-state index contributed by atoms with van der Waals surface area (Å²) >= 11 is 0. The van der Waals surface area contributed by atoms with Crippen molar-refractivity contribution in [3.63, 3.8) is 0 Å². The molecule has 0 spiro atoms. The van der Waals surface area contributed by atoms with Gasteiger partial charge in [-0.25, -0.2) is 9.59 Å². The molecule has 1 aliphatic heterocycles. The van der Waals surface area contributed by atoms with E-state index < -0.39 is 137 Å². The molecular formula is C51H56N2O16. The number of nitrogens with one attached hydrogen (secondary N) is 1. The fraction of sp³-hybridized carbons (Fsp3) is 0.451. The summed E-state index contributed by atoms with van der Waals surface area (Å²) in [5.41, 5.74) is -2.31. The van der Waals surface area contributed by atoms with Crippen LogP contribution in [-0.2, 0) is 57.2 Å². The van der Waals surface area contributed by atoms with Gasteiger partial charge in [-0.05, 0) is 54.8 Å². The second kappa shape index (κ2) is 19.3. The SMILES string of the molecule is CC(=O)O[C@H]1C(=O)[C@@]2(C)C([C@H](OC(=O)c3ccccc3)[C@]3(O)C[C@H](OC(=O)[C@H](OC(=O)CCC(N)=O)[C@@H](NC(=O)c4ccccc4)c4ccccc4)C(C)=C1C3(C)C)[C@]1(OC(C)=O)CO[C@@H]1C[C@@H]2O. The lowest BCUT2D eigenvalue weighted by atomic mass is 9.44. The molecule has 3 fully saturated rings. The molecule has 11 atom stereocenters. The number of fused-ring (bicyclic) bond motifs is 5. The quantitative estimate of drug-likeness (QED) is 0.102. The minimum absolute atomic E-state index is 0.0299. The van der Waals surface area contributed by atoms with E-state index in [1.54, 1.807) is 66.7 Å². The number of Topliss-reactive ketones (excluding diaryl/α,β-unsaturated/α-hetero) is 1. The first-order valence-electron chi connectivity index (χ1n) is 22.6. The summed E-state index contributed by atoms with van der Waals surface area (Å²) in [4.78, 5) is 110. The van der Waals surface area contributed by atoms with Crippen molar-refractivity contribution in [3.8, 4) is 0 Å². The van der Waals surface area contributed by atoms with E-state index in [1.807, 2.05) is 0 Å². The maximum absolute atomic E-state index is 15.7. The van der Waals surface area contributed by atoms with Gasteiger partial charge in [-0.1, -0.05) is 80.6 Å². The van der Waals surface area contributed by atoms with Gasteiger partial charge in [0, 0.05) is 44.1 Å². The first-order valence-corrected chi connectivity index (χ1v) is 22.6. The Morgan fingerprint density at radius 1 is 0.826 bits per heavy atom. The number of ether oxygens (including phenoxy) is 6. The number of aliphatic hydroxyl groups is 2. The molecule has 1 unspecified atom stereocenters. The van der Waals surface area contributed by atoms with Crippen LogP contribution in [0.1, 0.15) is 99.5 Å². The molecule has 2 bridgehead atoms. The van der Waals surface area contributed by atoms with E-state index in [1.165, 1.54) is 52.0 Å². The highest BCUT2D eigenvalue weighted by atomic mass is 16.6. The van der Waals surface area contributed by atoms with Crippen LogP contribution in [0.2, 0.25) is 0 Å². The van der Waals surface area contributed by atoms with Crippen LogP contribution in [0.3, 0.4) is 0 Å². The Balaban J connectivity index is 1.42. The molecule has 1 saturated heterocycles. The van der Waals surface area contributed by atoms with E-state index >= 15 is 9.59 Å². The lowest BCUT2D eigenvalue weighted by Gasteiger charge is -2.67. The predicted molar refractivity (Wildman–Crippen MR) is 240 cm³/mol. The van der Waals surface area contributed by atoms with Gasteiger partial charge in [-0.3, -0.25) is 28.8 Å². The monoisotopic (exact) mass is 952 g/mol. The Kier molecular flexibility index (Phi) is 14.0. The highest BCUT2D eigenvalue weighted by molar-refractivity contribution is 5.96. The molecule has 69 heavy (non-hydrogen) atoms. The molecule has 3 aliphatic carbocycles. The summed E-state index contributed by atoms with van der Waals surface area (Å²) in [5.74, 6) is -9.10. The number of ketones is 1. The molecule has 18 heteroatoms. The third kappa shape index (κ3) is 9.15. The van der Waals surface area contributed by atoms with Crippen LogP contribution >= 0.6 is 0 Å². The van der Waals surface area contributed by atoms with Gasteiger partial charge in [0.25, 0.3) is 5.91 Å². The van der Waals surface area contributed by atoms with E-state index in [9.17, 15) is 39.0 Å². The van der Waals surface area contributed by atoms with Crippen LogP contribution in [0.4, 0.5) is 0 Å². The van der Waals surface area contributed by atoms with Crippen LogP contribution in [0.15, 0.2) is 102 Å². The normalized spacial score (nSPS) is 29.7. The molecular weight excluding hydrogens is 897 g/mol. The number of esters is 5. The van der Waals surface area contributed by atoms with Crippen molar-refractivity contribution in [1.29, 1.82) is 0 Å². The molecule has 7 rings (SSSR count). The van der Waals surface area contributed by atoms with Crippen LogP contribution in [0.5, 0.6) is 0 Å². The number of hydrogen-bond donors (Lipinski definition) is 4. The van der Waals surface area contributed by atoms with Gasteiger partial charge >= 0.3 is 29.8 Å². The van der Waals surface area contributed by atoms with Crippen molar-refractivity contribution < 1.29 is 77.0 Å². The number of carbonyl (C=O) groups excluding carboxylic acids is 8. The Labute approximate surface area is 397 Å². The molecule has 2 saturated carbocycles. The van der Waals surface area contributed by atoms with E-state index in [-0.39, 0.29) is 40.9 Å². The standard InChI is InChI=1S/C51H56N2O16/c1-27-33(66-47(62)41(67-37(58)23-22-36(52)57)39(30-16-10-7-11-17-30)53-45(60)31-18-12-8-13-19-31)25-51(63)44(68-46(61)32-20-14-9-15-21-32)42-49(6,34(56)24-35-50(42,26-64-35)69-29(3)55)43(59)40(65-28(2)54)38(27)48(51,4)5/h7-21,33-35,39-42,44,56,63H,22-26H2,1-6H3,(H2,52,57)(H,53,60)/t33-,34-,35+,39-,40+,41+,42?,44-,49+,50-,51+/m0/s1. The Morgan fingerprint density at radius 2 is 1.42 bits per heavy atom. The van der Waals surface area contributed by atoms with Crippen molar-refractivity contribution in [2.45, 2.75) is 121 Å². The van der Waals surface area contributed by atoms with Crippen LogP contribution in [-0.4, -0.2) is 112 Å². The molecule has 4 aliphatic rings. The number of rotatable bonds is 14. The fourth-order valence-corrected chi connectivity index (χ4v) is 10.7. The molecule has 2 amide bonds. The number of aliphatic hydroxyl groups excluding tert-OH is 1. The number of benzene rings is 3. The number of nitrogens with two attached hydrogens (primary N) is 1. The van der Waals surface area contributed by atoms with Crippen molar-refractivity contribution >= 4 is 47.4 Å². The largest absolute Gasteiger partial charge is 0.455 e. The topological polar surface area (TPSA) is 270 Å². The molecule has 3 aromatic carbocycles. The van der Waals surface area contributed by atoms with Crippen molar-refractivity contribution in [2.75, 3.05) is 6.61 Å². The first kappa shape index (κ1) is 50.1. The third-order valence-corrected chi connectivity index (χ3v) is 14.3. The Morgan fingerprint density at radius 3 is 1.97 bits per heavy atom. The average Bonchev–Trinajstić information content (AvgIpc) is 3.30. The summed E-state index contributed by atoms with van der Waals surface area (Å²) < 4.78 is 36.4. The van der Waals surface area contributed by atoms with E-state index in [2.05, 4.69) is 5.32 Å². The van der Waals surface area contributed by atoms with E-state index in [4.69, 9.17) is 34.2 Å². The van der Waals surface area contributed by atoms with Gasteiger partial charge in [0.2, 0.25) is 12.0 Å². The summed E-state index contributed by atoms with van der Waals surface area (Å²) in [7, 11) is 0. The van der Waals surface area contributed by atoms with Gasteiger partial charge in [0.15, 0.2) is 17.5 Å². The van der Waals surface area contributed by atoms with Gasteiger partial charge in [-0.15, -0.1) is 0 Å². The zero-order valence-electron chi connectivity index (χ0n) is 39.0. The Bertz CT molecular complexity index is 2550. The smallest absolute Gasteiger partial charge is 0.350 e. The molecule has 3 aromatic rings. The van der Waals surface area contributed by atoms with Crippen LogP contribution < -0.4 is 11.1 Å². The molecule has 0 aromatic heterocycles. The lowest BCUT2D eigenvalue weighted by Crippen LogP contribution is -2.82. The maximum Gasteiger partial charge on any atom is 0.350 e. The zero-order chi connectivity index (χ0) is 50.2. The van der Waals surface area contributed by atoms with Crippen molar-refractivity contribution in [2.24, 2.45) is 22.5 Å². The maximum atomic E-state index is 15.7. The van der Waals surface area contributed by atoms with Crippen LogP contribution in [0, 0.1) is 16.7 Å². The zero-order valence-corrected chi connectivity index (χ0v) is 39.0. The summed E-state index contributed by atoms with van der Waals surface area (Å²) in [5, 5.41) is 28.8. The number of hydrogen-bond acceptors (Lipinski definition) is 16. The summed E-state index contributed by atoms with van der Waals surface area (Å²) in [6, 6.07) is 22.3. The highest BCUT2D eigenvalue weighted by Gasteiger charge is 2.78. The fourth-order valence-electron chi connectivity index (χ4n) is 10.7. The minimum Gasteiger partial charge on any atom is -0.455 e. The molecule has 5 N–H and O–H groups in total. The van der Waals surface area contributed by atoms with Gasteiger partial charge in [0.05, 0.1) is 36.0 Å². The highest BCUT2D eigenvalue weighted by Crippen LogP contribution is 2.64. The van der Waals surface area contributed by atoms with Crippen molar-refractivity contribution in [1.82, 2.24) is 5.32 Å². The Hall–Kier alpha value is -6.76. The molecule has 0 radical (unpaired) electrons. The third-order valence-electron chi connectivity index (χ3n) is 14.3. The second-order valence-corrected chi connectivity index (χ2v) is 18.8. The van der Waals surface area contributed by atoms with Gasteiger partial charge in [-0.2, -0.15) is 0 Å². The first-order chi connectivity index (χ1) is 32.6. The minimum atomic E-state index is -2.49. The second-order valence-electron chi connectivity index (χ2n) is 18.8. The average molecular weight is 953 g/mol. The predicted octanol–water partition coefficient (Wildman–Crippen LogP) is 3.55. The van der Waals surface area contributed by atoms with E-state index in [0.29, 0.717) is 0 Å². The van der Waals surface area contributed by atoms with Gasteiger partial charge < -0.3 is 49.7 Å². The lowest BCUT2D eigenvalue weighted by molar-refractivity contribution is -0.346. The molecule has 1 heterocycles. The number of primary amides is 1. The number of carbonyl (C=O) groups is 8. The molecule has 366 valence electrons. The number of amides is 2. The van der Waals surface area contributed by atoms with Gasteiger partial charge in [0.1, 0.15) is 30.0 Å². The summed E-state index contributed by atoms with van der Waals surface area (Å²) in [6.45, 7) is 7.75. The van der Waals surface area contributed by atoms with Crippen molar-refractivity contribution in [3.05, 3.63) is 119 Å². The van der Waals surface area contributed by atoms with Crippen LogP contribution in [0.25, 0.3) is 0 Å². The summed E-state index contributed by atoms with van der Waals surface area (Å²) in [6.07, 6.45) is -12.0. The van der Waals surface area contributed by atoms with E-state index in [0.717, 1.165) is 13.8 Å².